The van der Waals surface area contributed by atoms with Crippen molar-refractivity contribution in [3.05, 3.63) is 29.0 Å². The maximum atomic E-state index is 13.1. The van der Waals surface area contributed by atoms with E-state index in [-0.39, 0.29) is 5.02 Å². The number of benzene rings is 1. The molecule has 2 fully saturated rings. The predicted molar refractivity (Wildman–Crippen MR) is 80.0 cm³/mol. The van der Waals surface area contributed by atoms with E-state index in [1.165, 1.54) is 31.7 Å². The first kappa shape index (κ1) is 13.1. The number of halogens is 2. The van der Waals surface area contributed by atoms with Gasteiger partial charge in [-0.25, -0.2) is 4.39 Å². The summed E-state index contributed by atoms with van der Waals surface area (Å²) in [6.07, 6.45) is 5.24. The zero-order chi connectivity index (χ0) is 13.4. The van der Waals surface area contributed by atoms with Crippen LogP contribution in [0.1, 0.15) is 25.7 Å². The standard InChI is InChI=1S/C14H16ClFN2S/c15-11-7-10(3-4-12(11)16)17-14(19)18-13-6-8-1-2-9(13)5-8/h3-4,7-9,13H,1-2,5-6H2,(H2,17,18,19)/t8-,9-,13-/m0/s1. The summed E-state index contributed by atoms with van der Waals surface area (Å²) in [5.74, 6) is 1.23. The Kier molecular flexibility index (Phi) is 3.63. The molecule has 102 valence electrons. The topological polar surface area (TPSA) is 24.1 Å². The molecule has 0 aliphatic heterocycles. The van der Waals surface area contributed by atoms with Gasteiger partial charge < -0.3 is 10.6 Å². The first-order chi connectivity index (χ1) is 9.11. The maximum Gasteiger partial charge on any atom is 0.171 e. The largest absolute Gasteiger partial charge is 0.359 e. The van der Waals surface area contributed by atoms with Crippen LogP contribution in [0, 0.1) is 17.7 Å². The van der Waals surface area contributed by atoms with Gasteiger partial charge in [0.2, 0.25) is 0 Å². The van der Waals surface area contributed by atoms with Crippen LogP contribution in [0.5, 0.6) is 0 Å². The fourth-order valence-electron chi connectivity index (χ4n) is 3.33. The molecule has 1 aromatic carbocycles. The molecule has 2 aliphatic rings. The molecule has 2 nitrogen and oxygen atoms in total. The summed E-state index contributed by atoms with van der Waals surface area (Å²) in [6, 6.07) is 5.02. The van der Waals surface area contributed by atoms with Crippen molar-refractivity contribution in [3.63, 3.8) is 0 Å². The third-order valence-electron chi connectivity index (χ3n) is 4.23. The molecule has 0 radical (unpaired) electrons. The van der Waals surface area contributed by atoms with Gasteiger partial charge in [0.1, 0.15) is 5.82 Å². The number of rotatable bonds is 2. The maximum absolute atomic E-state index is 13.1. The van der Waals surface area contributed by atoms with Gasteiger partial charge in [0, 0.05) is 11.7 Å². The molecule has 0 heterocycles. The minimum Gasteiger partial charge on any atom is -0.359 e. The minimum atomic E-state index is -0.417. The molecule has 0 unspecified atom stereocenters. The van der Waals surface area contributed by atoms with Gasteiger partial charge >= 0.3 is 0 Å². The van der Waals surface area contributed by atoms with Crippen LogP contribution in [0.15, 0.2) is 18.2 Å². The van der Waals surface area contributed by atoms with Crippen molar-refractivity contribution in [2.75, 3.05) is 5.32 Å². The Balaban J connectivity index is 1.57. The van der Waals surface area contributed by atoms with E-state index in [1.54, 1.807) is 12.1 Å². The van der Waals surface area contributed by atoms with Gasteiger partial charge in [-0.15, -0.1) is 0 Å². The Morgan fingerprint density at radius 2 is 2.16 bits per heavy atom. The number of thiocarbonyl (C=S) groups is 1. The highest BCUT2D eigenvalue weighted by Crippen LogP contribution is 2.44. The Labute approximate surface area is 122 Å². The molecule has 0 aromatic heterocycles. The Morgan fingerprint density at radius 1 is 1.32 bits per heavy atom. The highest BCUT2D eigenvalue weighted by molar-refractivity contribution is 7.80. The van der Waals surface area contributed by atoms with Crippen molar-refractivity contribution >= 4 is 34.6 Å². The molecule has 0 saturated heterocycles. The lowest BCUT2D eigenvalue weighted by atomic mass is 9.96. The second-order valence-electron chi connectivity index (χ2n) is 5.51. The van der Waals surface area contributed by atoms with E-state index < -0.39 is 5.82 Å². The second-order valence-corrected chi connectivity index (χ2v) is 6.32. The summed E-state index contributed by atoms with van der Waals surface area (Å²) in [4.78, 5) is 0. The summed E-state index contributed by atoms with van der Waals surface area (Å²) >= 11 is 11.0. The Bertz CT molecular complexity index is 508. The van der Waals surface area contributed by atoms with Gasteiger partial charge in [0.05, 0.1) is 5.02 Å². The highest BCUT2D eigenvalue weighted by atomic mass is 35.5. The number of nitrogens with one attached hydrogen (secondary N) is 2. The van der Waals surface area contributed by atoms with E-state index >= 15 is 0 Å². The van der Waals surface area contributed by atoms with Crippen molar-refractivity contribution in [2.45, 2.75) is 31.7 Å². The fourth-order valence-corrected chi connectivity index (χ4v) is 3.78. The van der Waals surface area contributed by atoms with Gasteiger partial charge in [-0.3, -0.25) is 0 Å². The summed E-state index contributed by atoms with van der Waals surface area (Å²) in [5, 5.41) is 7.14. The molecule has 0 spiro atoms. The lowest BCUT2D eigenvalue weighted by Gasteiger charge is -2.24. The van der Waals surface area contributed by atoms with Crippen LogP contribution in [0.2, 0.25) is 5.02 Å². The van der Waals surface area contributed by atoms with Crippen LogP contribution in [-0.2, 0) is 0 Å². The SMILES string of the molecule is Fc1ccc(NC(=S)N[C@H]2C[C@H]3CC[C@H]2C3)cc1Cl. The van der Waals surface area contributed by atoms with E-state index in [1.807, 2.05) is 0 Å². The van der Waals surface area contributed by atoms with E-state index in [4.69, 9.17) is 23.8 Å². The third-order valence-corrected chi connectivity index (χ3v) is 4.74. The number of hydrogen-bond donors (Lipinski definition) is 2. The van der Waals surface area contributed by atoms with Crippen LogP contribution in [0.4, 0.5) is 10.1 Å². The fraction of sp³-hybridized carbons (Fsp3) is 0.500. The zero-order valence-corrected chi connectivity index (χ0v) is 12.0. The first-order valence-electron chi connectivity index (χ1n) is 6.64. The number of anilines is 1. The summed E-state index contributed by atoms with van der Waals surface area (Å²) < 4.78 is 13.1. The molecule has 2 saturated carbocycles. The molecule has 3 rings (SSSR count). The predicted octanol–water partition coefficient (Wildman–Crippen LogP) is 3.95. The average Bonchev–Trinajstić information content (AvgIpc) is 2.96. The molecule has 5 heteroatoms. The zero-order valence-electron chi connectivity index (χ0n) is 10.5. The van der Waals surface area contributed by atoms with Crippen LogP contribution in [0.25, 0.3) is 0 Å². The average molecular weight is 299 g/mol. The molecule has 2 bridgehead atoms. The Hall–Kier alpha value is -0.870. The normalized spacial score (nSPS) is 28.4. The molecule has 0 amide bonds. The number of hydrogen-bond acceptors (Lipinski definition) is 1. The van der Waals surface area contributed by atoms with Crippen LogP contribution in [-0.4, -0.2) is 11.2 Å². The minimum absolute atomic E-state index is 0.104. The van der Waals surface area contributed by atoms with Crippen molar-refractivity contribution in [3.8, 4) is 0 Å². The van der Waals surface area contributed by atoms with Gasteiger partial charge in [0.15, 0.2) is 5.11 Å². The van der Waals surface area contributed by atoms with Gasteiger partial charge in [0.25, 0.3) is 0 Å². The molecule has 2 N–H and O–H groups in total. The van der Waals surface area contributed by atoms with Gasteiger partial charge in [-0.1, -0.05) is 18.0 Å². The monoisotopic (exact) mass is 298 g/mol. The van der Waals surface area contributed by atoms with E-state index in [2.05, 4.69) is 10.6 Å². The molecule has 3 atom stereocenters. The highest BCUT2D eigenvalue weighted by Gasteiger charge is 2.39. The van der Waals surface area contributed by atoms with E-state index in [0.29, 0.717) is 16.8 Å². The van der Waals surface area contributed by atoms with Crippen molar-refractivity contribution in [1.82, 2.24) is 5.32 Å². The van der Waals surface area contributed by atoms with E-state index in [9.17, 15) is 4.39 Å². The summed E-state index contributed by atoms with van der Waals surface area (Å²) in [6.45, 7) is 0. The summed E-state index contributed by atoms with van der Waals surface area (Å²) in [5.41, 5.74) is 0.715. The molecular formula is C14H16ClFN2S. The van der Waals surface area contributed by atoms with E-state index in [0.717, 1.165) is 11.8 Å². The smallest absolute Gasteiger partial charge is 0.171 e. The van der Waals surface area contributed by atoms with Crippen LogP contribution in [0.3, 0.4) is 0 Å². The van der Waals surface area contributed by atoms with Gasteiger partial charge in [-0.05, 0) is 61.5 Å². The van der Waals surface area contributed by atoms with Gasteiger partial charge in [-0.2, -0.15) is 0 Å². The second kappa shape index (κ2) is 5.25. The molecule has 2 aliphatic carbocycles. The number of fused-ring (bicyclic) bond motifs is 2. The molecule has 19 heavy (non-hydrogen) atoms. The lowest BCUT2D eigenvalue weighted by molar-refractivity contribution is 0.392. The van der Waals surface area contributed by atoms with Crippen molar-refractivity contribution in [2.24, 2.45) is 11.8 Å². The quantitative estimate of drug-likeness (QED) is 0.808. The lowest BCUT2D eigenvalue weighted by Crippen LogP contribution is -2.40. The van der Waals surface area contributed by atoms with Crippen LogP contribution < -0.4 is 10.6 Å². The molecular weight excluding hydrogens is 283 g/mol. The summed E-state index contributed by atoms with van der Waals surface area (Å²) in [7, 11) is 0. The third kappa shape index (κ3) is 2.84. The van der Waals surface area contributed by atoms with Crippen LogP contribution >= 0.6 is 23.8 Å². The Morgan fingerprint density at radius 3 is 2.79 bits per heavy atom. The van der Waals surface area contributed by atoms with Crippen molar-refractivity contribution in [1.29, 1.82) is 0 Å². The first-order valence-corrected chi connectivity index (χ1v) is 7.43. The van der Waals surface area contributed by atoms with Crippen molar-refractivity contribution < 1.29 is 4.39 Å². The molecule has 1 aromatic rings.